The van der Waals surface area contributed by atoms with Crippen LogP contribution in [0.15, 0.2) is 42.7 Å². The van der Waals surface area contributed by atoms with Gasteiger partial charge in [0.15, 0.2) is 11.6 Å². The number of nitrogens with zero attached hydrogens (tertiary/aromatic N) is 2. The SMILES string of the molecule is COc1ccc(Cn2ccc3ncc(C(=O)NO)cc32)cc1F. The summed E-state index contributed by atoms with van der Waals surface area (Å²) in [4.78, 5) is 15.7. The summed E-state index contributed by atoms with van der Waals surface area (Å²) in [6.07, 6.45) is 3.19. The molecule has 1 amide bonds. The number of carbonyl (C=O) groups excluding carboxylic acids is 1. The molecule has 3 rings (SSSR count). The molecule has 2 N–H and O–H groups in total. The van der Waals surface area contributed by atoms with Crippen LogP contribution in [0.5, 0.6) is 5.75 Å². The molecule has 0 saturated carbocycles. The van der Waals surface area contributed by atoms with E-state index in [0.29, 0.717) is 17.6 Å². The number of halogens is 1. The fraction of sp³-hybridized carbons (Fsp3) is 0.125. The number of hydrogen-bond donors (Lipinski definition) is 2. The lowest BCUT2D eigenvalue weighted by Gasteiger charge is -2.08. The first-order valence-corrected chi connectivity index (χ1v) is 6.84. The summed E-state index contributed by atoms with van der Waals surface area (Å²) in [5.41, 5.74) is 3.97. The molecule has 3 aromatic rings. The molecule has 1 aromatic carbocycles. The van der Waals surface area contributed by atoms with Crippen LogP contribution in [0.4, 0.5) is 4.39 Å². The number of aromatic nitrogens is 2. The maximum absolute atomic E-state index is 13.8. The normalized spacial score (nSPS) is 10.7. The van der Waals surface area contributed by atoms with Gasteiger partial charge in [0.05, 0.1) is 23.7 Å². The van der Waals surface area contributed by atoms with E-state index < -0.39 is 11.7 Å². The molecule has 0 spiro atoms. The van der Waals surface area contributed by atoms with Gasteiger partial charge in [-0.25, -0.2) is 9.87 Å². The number of methoxy groups -OCH3 is 1. The summed E-state index contributed by atoms with van der Waals surface area (Å²) < 4.78 is 20.5. The minimum Gasteiger partial charge on any atom is -0.494 e. The van der Waals surface area contributed by atoms with Gasteiger partial charge < -0.3 is 9.30 Å². The molecular weight excluding hydrogens is 301 g/mol. The Balaban J connectivity index is 1.96. The fourth-order valence-electron chi connectivity index (χ4n) is 2.39. The van der Waals surface area contributed by atoms with E-state index in [0.717, 1.165) is 5.56 Å². The molecule has 7 heteroatoms. The minimum absolute atomic E-state index is 0.190. The van der Waals surface area contributed by atoms with Crippen molar-refractivity contribution in [1.82, 2.24) is 15.0 Å². The van der Waals surface area contributed by atoms with Crippen LogP contribution in [0.25, 0.3) is 11.0 Å². The standard InChI is InChI=1S/C16H14FN3O3/c1-23-15-3-2-10(6-12(15)17)9-20-5-4-13-14(20)7-11(8-18-13)16(21)19-22/h2-8,22H,9H2,1H3,(H,19,21). The second-order valence-electron chi connectivity index (χ2n) is 4.98. The fourth-order valence-corrected chi connectivity index (χ4v) is 2.39. The highest BCUT2D eigenvalue weighted by atomic mass is 19.1. The van der Waals surface area contributed by atoms with Gasteiger partial charge in [0, 0.05) is 18.9 Å². The van der Waals surface area contributed by atoms with E-state index in [-0.39, 0.29) is 11.3 Å². The average molecular weight is 315 g/mol. The summed E-state index contributed by atoms with van der Waals surface area (Å²) in [7, 11) is 1.41. The summed E-state index contributed by atoms with van der Waals surface area (Å²) in [6, 6.07) is 8.16. The summed E-state index contributed by atoms with van der Waals surface area (Å²) in [5.74, 6) is -0.878. The van der Waals surface area contributed by atoms with E-state index in [1.165, 1.54) is 19.4 Å². The van der Waals surface area contributed by atoms with Crippen molar-refractivity contribution in [1.29, 1.82) is 0 Å². The van der Waals surface area contributed by atoms with Crippen molar-refractivity contribution in [2.45, 2.75) is 6.54 Å². The Morgan fingerprint density at radius 1 is 1.39 bits per heavy atom. The average Bonchev–Trinajstić information content (AvgIpc) is 2.96. The van der Waals surface area contributed by atoms with Crippen LogP contribution >= 0.6 is 0 Å². The Kier molecular flexibility index (Phi) is 3.94. The monoisotopic (exact) mass is 315 g/mol. The lowest BCUT2D eigenvalue weighted by molar-refractivity contribution is 0.0706. The highest BCUT2D eigenvalue weighted by molar-refractivity contribution is 5.96. The van der Waals surface area contributed by atoms with E-state index in [2.05, 4.69) is 4.98 Å². The van der Waals surface area contributed by atoms with Gasteiger partial charge in [0.1, 0.15) is 0 Å². The smallest absolute Gasteiger partial charge is 0.276 e. The van der Waals surface area contributed by atoms with Gasteiger partial charge in [-0.15, -0.1) is 0 Å². The topological polar surface area (TPSA) is 76.4 Å². The third kappa shape index (κ3) is 2.86. The van der Waals surface area contributed by atoms with Crippen molar-refractivity contribution in [2.75, 3.05) is 7.11 Å². The zero-order valence-electron chi connectivity index (χ0n) is 12.3. The predicted octanol–water partition coefficient (Wildman–Crippen LogP) is 2.35. The van der Waals surface area contributed by atoms with Crippen LogP contribution < -0.4 is 10.2 Å². The zero-order valence-corrected chi connectivity index (χ0v) is 12.3. The van der Waals surface area contributed by atoms with Gasteiger partial charge in [-0.05, 0) is 29.8 Å². The molecule has 118 valence electrons. The first-order valence-electron chi connectivity index (χ1n) is 6.84. The highest BCUT2D eigenvalue weighted by Gasteiger charge is 2.10. The van der Waals surface area contributed by atoms with Crippen molar-refractivity contribution in [3.05, 3.63) is 59.7 Å². The number of fused-ring (bicyclic) bond motifs is 1. The summed E-state index contributed by atoms with van der Waals surface area (Å²) in [6.45, 7) is 0.413. The molecule has 6 nitrogen and oxygen atoms in total. The molecule has 0 radical (unpaired) electrons. The second kappa shape index (κ2) is 6.05. The number of ether oxygens (including phenoxy) is 1. The number of amides is 1. The highest BCUT2D eigenvalue weighted by Crippen LogP contribution is 2.21. The van der Waals surface area contributed by atoms with E-state index >= 15 is 0 Å². The molecule has 0 saturated heterocycles. The number of benzene rings is 1. The quantitative estimate of drug-likeness (QED) is 0.572. The number of pyridine rings is 1. The molecule has 0 bridgehead atoms. The number of carbonyl (C=O) groups is 1. The molecule has 2 heterocycles. The van der Waals surface area contributed by atoms with E-state index in [1.807, 2.05) is 4.57 Å². The van der Waals surface area contributed by atoms with Crippen molar-refractivity contribution in [3.63, 3.8) is 0 Å². The van der Waals surface area contributed by atoms with Crippen LogP contribution in [0, 0.1) is 5.82 Å². The minimum atomic E-state index is -0.636. The summed E-state index contributed by atoms with van der Waals surface area (Å²) in [5, 5.41) is 8.71. The largest absolute Gasteiger partial charge is 0.494 e. The zero-order chi connectivity index (χ0) is 16.4. The van der Waals surface area contributed by atoms with Crippen molar-refractivity contribution < 1.29 is 19.1 Å². The van der Waals surface area contributed by atoms with E-state index in [9.17, 15) is 9.18 Å². The van der Waals surface area contributed by atoms with Crippen LogP contribution in [-0.4, -0.2) is 27.8 Å². The maximum Gasteiger partial charge on any atom is 0.276 e. The van der Waals surface area contributed by atoms with Gasteiger partial charge in [0.2, 0.25) is 0 Å². The second-order valence-corrected chi connectivity index (χ2v) is 4.98. The van der Waals surface area contributed by atoms with Crippen LogP contribution in [0.3, 0.4) is 0 Å². The van der Waals surface area contributed by atoms with Crippen molar-refractivity contribution in [2.24, 2.45) is 0 Å². The first kappa shape index (κ1) is 15.0. The predicted molar refractivity (Wildman–Crippen MR) is 81.0 cm³/mol. The Hall–Kier alpha value is -2.93. The van der Waals surface area contributed by atoms with Gasteiger partial charge in [-0.2, -0.15) is 0 Å². The Labute approximate surface area is 131 Å². The number of nitrogens with one attached hydrogen (secondary N) is 1. The first-order chi connectivity index (χ1) is 11.1. The van der Waals surface area contributed by atoms with Gasteiger partial charge in [-0.1, -0.05) is 6.07 Å². The van der Waals surface area contributed by atoms with Gasteiger partial charge >= 0.3 is 0 Å². The van der Waals surface area contributed by atoms with Crippen LogP contribution in [-0.2, 0) is 6.54 Å². The molecule has 23 heavy (non-hydrogen) atoms. The maximum atomic E-state index is 13.8. The number of hydrogen-bond acceptors (Lipinski definition) is 4. The molecule has 2 aromatic heterocycles. The molecule has 0 atom stereocenters. The molecule has 0 aliphatic rings. The lowest BCUT2D eigenvalue weighted by Crippen LogP contribution is -2.18. The Morgan fingerprint density at radius 2 is 2.22 bits per heavy atom. The van der Waals surface area contributed by atoms with Crippen LogP contribution in [0.2, 0.25) is 0 Å². The van der Waals surface area contributed by atoms with E-state index in [4.69, 9.17) is 9.94 Å². The molecule has 0 unspecified atom stereocenters. The molecule has 0 aliphatic heterocycles. The Bertz CT molecular complexity index is 876. The number of rotatable bonds is 4. The molecule has 0 aliphatic carbocycles. The molecular formula is C16H14FN3O3. The van der Waals surface area contributed by atoms with Crippen molar-refractivity contribution in [3.8, 4) is 5.75 Å². The van der Waals surface area contributed by atoms with E-state index in [1.54, 1.807) is 35.9 Å². The molecule has 0 fully saturated rings. The third-order valence-electron chi connectivity index (χ3n) is 3.55. The van der Waals surface area contributed by atoms with Crippen LogP contribution in [0.1, 0.15) is 15.9 Å². The van der Waals surface area contributed by atoms with Crippen molar-refractivity contribution >= 4 is 16.9 Å². The lowest BCUT2D eigenvalue weighted by atomic mass is 10.2. The van der Waals surface area contributed by atoms with Gasteiger partial charge in [-0.3, -0.25) is 15.0 Å². The summed E-state index contributed by atoms with van der Waals surface area (Å²) >= 11 is 0. The number of hydroxylamine groups is 1. The third-order valence-corrected chi connectivity index (χ3v) is 3.55. The van der Waals surface area contributed by atoms with Gasteiger partial charge in [0.25, 0.3) is 5.91 Å². The Morgan fingerprint density at radius 3 is 2.91 bits per heavy atom.